The molecule has 1 aliphatic heterocycles. The minimum Gasteiger partial charge on any atom is -0.481 e. The van der Waals surface area contributed by atoms with Gasteiger partial charge in [-0.05, 0) is 50.8 Å². The summed E-state index contributed by atoms with van der Waals surface area (Å²) < 4.78 is 83.3. The van der Waals surface area contributed by atoms with E-state index in [1.165, 1.54) is 33.8 Å². The maximum atomic E-state index is 13.8. The number of rotatable bonds is 9. The Hall–Kier alpha value is -3.09. The number of benzene rings is 1. The van der Waals surface area contributed by atoms with Crippen LogP contribution in [0.2, 0.25) is 0 Å². The van der Waals surface area contributed by atoms with Gasteiger partial charge in [0.05, 0.1) is 23.7 Å². The van der Waals surface area contributed by atoms with Gasteiger partial charge in [0.2, 0.25) is 0 Å². The number of carboxylic acids is 1. The second-order valence-corrected chi connectivity index (χ2v) is 10.5. The lowest BCUT2D eigenvalue weighted by Crippen LogP contribution is -2.50. The molecule has 7 nitrogen and oxygen atoms in total. The predicted molar refractivity (Wildman–Crippen MR) is 134 cm³/mol. The number of carbonyl (C=O) groups excluding carboxylic acids is 1. The van der Waals surface area contributed by atoms with Crippen molar-refractivity contribution >= 4 is 11.9 Å². The highest BCUT2D eigenvalue weighted by molar-refractivity contribution is 5.94. The number of hydrogen-bond donors (Lipinski definition) is 2. The van der Waals surface area contributed by atoms with E-state index in [1.54, 1.807) is 0 Å². The Balaban J connectivity index is 1.57. The van der Waals surface area contributed by atoms with Gasteiger partial charge in [-0.25, -0.2) is 0 Å². The van der Waals surface area contributed by atoms with Crippen LogP contribution in [0.15, 0.2) is 30.3 Å². The van der Waals surface area contributed by atoms with Gasteiger partial charge < -0.3 is 10.4 Å². The van der Waals surface area contributed by atoms with Gasteiger partial charge in [-0.3, -0.25) is 19.2 Å². The number of nitrogens with one attached hydrogen (secondary N) is 1. The molecule has 1 amide bonds. The summed E-state index contributed by atoms with van der Waals surface area (Å²) in [6.45, 7) is 0.148. The Bertz CT molecular complexity index is 1190. The molecule has 1 aromatic carbocycles. The van der Waals surface area contributed by atoms with E-state index in [4.69, 9.17) is 0 Å². The molecule has 2 aliphatic rings. The number of likely N-dealkylation sites (tertiary alicyclic amines) is 1. The van der Waals surface area contributed by atoms with Crippen LogP contribution in [0.1, 0.15) is 79.9 Å². The summed E-state index contributed by atoms with van der Waals surface area (Å²) in [5.41, 5.74) is -1.05. The normalized spacial score (nSPS) is 20.0. The van der Waals surface area contributed by atoms with Crippen molar-refractivity contribution in [2.24, 2.45) is 0 Å². The Labute approximate surface area is 227 Å². The first kappa shape index (κ1) is 29.9. The molecule has 2 fully saturated rings. The van der Waals surface area contributed by atoms with Crippen LogP contribution in [0.3, 0.4) is 0 Å². The summed E-state index contributed by atoms with van der Waals surface area (Å²) in [4.78, 5) is 26.0. The molecule has 1 saturated carbocycles. The number of piperidine rings is 1. The molecule has 4 rings (SSSR count). The number of aliphatic carboxylic acids is 1. The molecule has 13 heteroatoms. The number of carboxylic acid groups (broad SMARTS) is 1. The van der Waals surface area contributed by atoms with E-state index in [9.17, 15) is 41.0 Å². The fraction of sp³-hybridized carbons (Fsp3) is 0.593. The average molecular weight is 575 g/mol. The highest BCUT2D eigenvalue weighted by atomic mass is 19.4. The minimum absolute atomic E-state index is 0.0414. The molecule has 0 spiro atoms. The lowest BCUT2D eigenvalue weighted by molar-refractivity contribution is -0.191. The van der Waals surface area contributed by atoms with Gasteiger partial charge in [0.15, 0.2) is 5.69 Å². The van der Waals surface area contributed by atoms with E-state index in [0.29, 0.717) is 25.7 Å². The number of carbonyl (C=O) groups is 2. The summed E-state index contributed by atoms with van der Waals surface area (Å²) in [6, 6.07) is 3.46. The van der Waals surface area contributed by atoms with Crippen LogP contribution in [-0.4, -0.2) is 63.0 Å². The van der Waals surface area contributed by atoms with Gasteiger partial charge in [-0.15, -0.1) is 0 Å². The van der Waals surface area contributed by atoms with E-state index in [-0.39, 0.29) is 48.9 Å². The minimum atomic E-state index is -4.64. The van der Waals surface area contributed by atoms with Crippen molar-refractivity contribution in [2.75, 3.05) is 13.1 Å². The van der Waals surface area contributed by atoms with Gasteiger partial charge in [-0.2, -0.15) is 31.4 Å². The molecule has 0 bridgehead atoms. The summed E-state index contributed by atoms with van der Waals surface area (Å²) in [5.74, 6) is -2.03. The van der Waals surface area contributed by atoms with Crippen LogP contribution in [0.4, 0.5) is 26.3 Å². The van der Waals surface area contributed by atoms with Crippen LogP contribution in [0, 0.1) is 0 Å². The molecule has 220 valence electrons. The lowest BCUT2D eigenvalue weighted by atomic mass is 10.00. The topological polar surface area (TPSA) is 87.5 Å². The summed E-state index contributed by atoms with van der Waals surface area (Å²) in [7, 11) is 0. The predicted octanol–water partition coefficient (Wildman–Crippen LogP) is 6.06. The smallest absolute Gasteiger partial charge is 0.417 e. The number of halogens is 6. The molecule has 1 aromatic heterocycles. The van der Waals surface area contributed by atoms with Gasteiger partial charge in [-0.1, -0.05) is 37.5 Å². The Morgan fingerprint density at radius 2 is 1.70 bits per heavy atom. The first-order valence-corrected chi connectivity index (χ1v) is 13.4. The van der Waals surface area contributed by atoms with Crippen molar-refractivity contribution in [2.45, 2.75) is 88.3 Å². The van der Waals surface area contributed by atoms with Crippen LogP contribution in [-0.2, 0) is 11.0 Å². The Morgan fingerprint density at radius 3 is 2.35 bits per heavy atom. The fourth-order valence-corrected chi connectivity index (χ4v) is 5.73. The summed E-state index contributed by atoms with van der Waals surface area (Å²) in [6.07, 6.45) is -5.54. The van der Waals surface area contributed by atoms with Crippen molar-refractivity contribution in [1.29, 1.82) is 0 Å². The SMILES string of the molecule is O=C(O)CC(CCN1CCCCC1C(F)(F)F)NC(=O)c1cc(-c2ccccc2C(F)(F)F)n(C2CCCC2)n1. The summed E-state index contributed by atoms with van der Waals surface area (Å²) in [5, 5.41) is 16.3. The molecule has 1 aliphatic carbocycles. The van der Waals surface area contributed by atoms with Gasteiger partial charge in [0.1, 0.15) is 6.04 Å². The molecule has 2 aromatic rings. The van der Waals surface area contributed by atoms with Crippen molar-refractivity contribution in [3.63, 3.8) is 0 Å². The van der Waals surface area contributed by atoms with Crippen molar-refractivity contribution in [1.82, 2.24) is 20.0 Å². The van der Waals surface area contributed by atoms with Gasteiger partial charge >= 0.3 is 18.3 Å². The molecule has 2 N–H and O–H groups in total. The van der Waals surface area contributed by atoms with E-state index >= 15 is 0 Å². The van der Waals surface area contributed by atoms with Crippen LogP contribution >= 0.6 is 0 Å². The Kier molecular flexibility index (Phi) is 9.11. The molecular formula is C27H32F6N4O3. The zero-order chi connectivity index (χ0) is 29.1. The second kappa shape index (κ2) is 12.2. The van der Waals surface area contributed by atoms with Gasteiger partial charge in [0.25, 0.3) is 5.91 Å². The Morgan fingerprint density at radius 1 is 1.02 bits per heavy atom. The highest BCUT2D eigenvalue weighted by Crippen LogP contribution is 2.40. The molecular weight excluding hydrogens is 542 g/mol. The van der Waals surface area contributed by atoms with Crippen LogP contribution < -0.4 is 5.32 Å². The van der Waals surface area contributed by atoms with E-state index in [2.05, 4.69) is 10.4 Å². The molecule has 0 radical (unpaired) electrons. The lowest BCUT2D eigenvalue weighted by Gasteiger charge is -2.37. The summed E-state index contributed by atoms with van der Waals surface area (Å²) >= 11 is 0. The van der Waals surface area contributed by atoms with Gasteiger partial charge in [0, 0.05) is 18.2 Å². The first-order chi connectivity index (χ1) is 18.8. The first-order valence-electron chi connectivity index (χ1n) is 13.4. The molecule has 2 unspecified atom stereocenters. The number of aromatic nitrogens is 2. The molecule has 2 heterocycles. The fourth-order valence-electron chi connectivity index (χ4n) is 5.73. The van der Waals surface area contributed by atoms with Crippen molar-refractivity contribution in [3.8, 4) is 11.3 Å². The maximum absolute atomic E-state index is 13.8. The highest BCUT2D eigenvalue weighted by Gasteiger charge is 2.44. The molecule has 1 saturated heterocycles. The largest absolute Gasteiger partial charge is 0.481 e. The third-order valence-electron chi connectivity index (χ3n) is 7.66. The quantitative estimate of drug-likeness (QED) is 0.356. The zero-order valence-corrected chi connectivity index (χ0v) is 21.8. The average Bonchev–Trinajstić information content (AvgIpc) is 3.56. The number of hydrogen-bond acceptors (Lipinski definition) is 4. The zero-order valence-electron chi connectivity index (χ0n) is 21.8. The van der Waals surface area contributed by atoms with E-state index in [0.717, 1.165) is 18.9 Å². The molecule has 2 atom stereocenters. The third kappa shape index (κ3) is 7.15. The number of alkyl halides is 6. The molecule has 40 heavy (non-hydrogen) atoms. The monoisotopic (exact) mass is 574 g/mol. The number of amides is 1. The van der Waals surface area contributed by atoms with Crippen LogP contribution in [0.25, 0.3) is 11.3 Å². The number of nitrogens with zero attached hydrogens (tertiary/aromatic N) is 3. The maximum Gasteiger partial charge on any atom is 0.417 e. The van der Waals surface area contributed by atoms with Crippen LogP contribution in [0.5, 0.6) is 0 Å². The van der Waals surface area contributed by atoms with Crippen molar-refractivity contribution in [3.05, 3.63) is 41.6 Å². The third-order valence-corrected chi connectivity index (χ3v) is 7.66. The second-order valence-electron chi connectivity index (χ2n) is 10.5. The van der Waals surface area contributed by atoms with E-state index < -0.39 is 48.3 Å². The van der Waals surface area contributed by atoms with Crippen molar-refractivity contribution < 1.29 is 41.0 Å². The van der Waals surface area contributed by atoms with E-state index in [1.807, 2.05) is 0 Å². The standard InChI is InChI=1S/C27H32F6N4O3/c28-26(29,30)20-10-4-3-9-19(20)22-16-21(35-37(22)18-7-1-2-8-18)25(40)34-17(15-24(38)39)12-14-36-13-6-5-11-23(36)27(31,32)33/h3-4,9-10,16-18,23H,1-2,5-8,11-15H2,(H,34,40)(H,38,39).